The molecule has 2 N–H and O–H groups in total. The lowest BCUT2D eigenvalue weighted by Crippen LogP contribution is -2.34. The van der Waals surface area contributed by atoms with Crippen LogP contribution in [0.25, 0.3) is 0 Å². The van der Waals surface area contributed by atoms with Crippen molar-refractivity contribution in [1.29, 1.82) is 0 Å². The Balaban J connectivity index is 2.75. The monoisotopic (exact) mass is 299 g/mol. The standard InChI is InChI=1S/C14H25N3O2S/c1-12(8-9-17(3)4)16-20(18,19)14-7-5-6-13(10-14)11-15-2/h5-7,10,12,15-16H,8-9,11H2,1-4H3. The van der Waals surface area contributed by atoms with Crippen LogP contribution in [0.5, 0.6) is 0 Å². The first kappa shape index (κ1) is 17.1. The highest BCUT2D eigenvalue weighted by Gasteiger charge is 2.17. The first-order valence-corrected chi connectivity index (χ1v) is 8.24. The number of nitrogens with zero attached hydrogens (tertiary/aromatic N) is 1. The number of sulfonamides is 1. The molecule has 0 radical (unpaired) electrons. The Bertz CT molecular complexity index is 515. The smallest absolute Gasteiger partial charge is 0.240 e. The van der Waals surface area contributed by atoms with Crippen molar-refractivity contribution in [2.45, 2.75) is 30.8 Å². The van der Waals surface area contributed by atoms with Crippen molar-refractivity contribution in [3.63, 3.8) is 0 Å². The summed E-state index contributed by atoms with van der Waals surface area (Å²) < 4.78 is 27.3. The highest BCUT2D eigenvalue weighted by atomic mass is 32.2. The molecule has 0 heterocycles. The molecule has 0 aliphatic heterocycles. The highest BCUT2D eigenvalue weighted by Crippen LogP contribution is 2.12. The van der Waals surface area contributed by atoms with E-state index in [9.17, 15) is 8.42 Å². The number of benzene rings is 1. The minimum absolute atomic E-state index is 0.0876. The molecule has 0 saturated carbocycles. The molecule has 1 aromatic carbocycles. The molecule has 0 bridgehead atoms. The lowest BCUT2D eigenvalue weighted by atomic mass is 10.2. The molecule has 0 amide bonds. The molecule has 0 fully saturated rings. The van der Waals surface area contributed by atoms with Gasteiger partial charge < -0.3 is 10.2 Å². The van der Waals surface area contributed by atoms with Crippen LogP contribution in [-0.4, -0.2) is 47.0 Å². The van der Waals surface area contributed by atoms with Crippen molar-refractivity contribution in [2.75, 3.05) is 27.7 Å². The molecule has 5 nitrogen and oxygen atoms in total. The van der Waals surface area contributed by atoms with Gasteiger partial charge in [-0.25, -0.2) is 13.1 Å². The van der Waals surface area contributed by atoms with Crippen molar-refractivity contribution in [3.05, 3.63) is 29.8 Å². The topological polar surface area (TPSA) is 61.4 Å². The van der Waals surface area contributed by atoms with E-state index in [0.717, 1.165) is 18.5 Å². The minimum Gasteiger partial charge on any atom is -0.316 e. The summed E-state index contributed by atoms with van der Waals surface area (Å²) in [7, 11) is 2.34. The number of hydrogen-bond donors (Lipinski definition) is 2. The van der Waals surface area contributed by atoms with E-state index in [-0.39, 0.29) is 6.04 Å². The lowest BCUT2D eigenvalue weighted by Gasteiger charge is -2.17. The van der Waals surface area contributed by atoms with E-state index in [1.165, 1.54) is 0 Å². The fourth-order valence-corrected chi connectivity index (χ4v) is 3.22. The van der Waals surface area contributed by atoms with Crippen LogP contribution < -0.4 is 10.0 Å². The summed E-state index contributed by atoms with van der Waals surface area (Å²) in [5, 5.41) is 3.02. The van der Waals surface area contributed by atoms with E-state index in [0.29, 0.717) is 11.4 Å². The zero-order valence-electron chi connectivity index (χ0n) is 12.7. The normalized spacial score (nSPS) is 13.7. The molecule has 6 heteroatoms. The predicted octanol–water partition coefficient (Wildman–Crippen LogP) is 1.02. The number of hydrogen-bond acceptors (Lipinski definition) is 4. The maximum atomic E-state index is 12.3. The summed E-state index contributed by atoms with van der Waals surface area (Å²) in [5.74, 6) is 0. The maximum Gasteiger partial charge on any atom is 0.240 e. The second-order valence-corrected chi connectivity index (χ2v) is 7.01. The summed E-state index contributed by atoms with van der Waals surface area (Å²) in [5.41, 5.74) is 0.955. The molecule has 1 atom stereocenters. The van der Waals surface area contributed by atoms with Gasteiger partial charge in [-0.15, -0.1) is 0 Å². The summed E-state index contributed by atoms with van der Waals surface area (Å²) in [4.78, 5) is 2.36. The molecule has 1 aromatic rings. The second kappa shape index (κ2) is 7.73. The Labute approximate surface area is 122 Å². The van der Waals surface area contributed by atoms with Crippen LogP contribution in [-0.2, 0) is 16.6 Å². The van der Waals surface area contributed by atoms with E-state index >= 15 is 0 Å². The Morgan fingerprint density at radius 1 is 1.30 bits per heavy atom. The molecule has 0 spiro atoms. The average molecular weight is 299 g/mol. The van der Waals surface area contributed by atoms with Gasteiger partial charge in [0.05, 0.1) is 4.90 Å². The Hall–Kier alpha value is -0.950. The van der Waals surface area contributed by atoms with Crippen molar-refractivity contribution in [2.24, 2.45) is 0 Å². The van der Waals surface area contributed by atoms with Gasteiger partial charge in [-0.05, 0) is 58.7 Å². The molecule has 1 unspecified atom stereocenters. The quantitative estimate of drug-likeness (QED) is 0.752. The molecule has 0 saturated heterocycles. The lowest BCUT2D eigenvalue weighted by molar-refractivity contribution is 0.379. The first-order valence-electron chi connectivity index (χ1n) is 6.75. The highest BCUT2D eigenvalue weighted by molar-refractivity contribution is 7.89. The Morgan fingerprint density at radius 3 is 2.60 bits per heavy atom. The molecule has 114 valence electrons. The van der Waals surface area contributed by atoms with Gasteiger partial charge in [-0.1, -0.05) is 12.1 Å². The van der Waals surface area contributed by atoms with E-state index in [1.807, 2.05) is 39.0 Å². The fourth-order valence-electron chi connectivity index (χ4n) is 1.87. The third-order valence-electron chi connectivity index (χ3n) is 2.96. The van der Waals surface area contributed by atoms with Crippen molar-refractivity contribution in [3.8, 4) is 0 Å². The summed E-state index contributed by atoms with van der Waals surface area (Å²) in [6, 6.07) is 6.92. The van der Waals surface area contributed by atoms with E-state index in [2.05, 4.69) is 10.0 Å². The van der Waals surface area contributed by atoms with Crippen LogP contribution in [0.15, 0.2) is 29.2 Å². The molecular weight excluding hydrogens is 274 g/mol. The second-order valence-electron chi connectivity index (χ2n) is 5.29. The zero-order valence-corrected chi connectivity index (χ0v) is 13.5. The fraction of sp³-hybridized carbons (Fsp3) is 0.571. The van der Waals surface area contributed by atoms with Gasteiger partial charge in [0.25, 0.3) is 0 Å². The van der Waals surface area contributed by atoms with Crippen LogP contribution in [0.1, 0.15) is 18.9 Å². The molecule has 0 aliphatic rings. The van der Waals surface area contributed by atoms with E-state index in [4.69, 9.17) is 0 Å². The third kappa shape index (κ3) is 5.58. The van der Waals surface area contributed by atoms with Crippen LogP contribution in [0.2, 0.25) is 0 Å². The van der Waals surface area contributed by atoms with Gasteiger partial charge >= 0.3 is 0 Å². The van der Waals surface area contributed by atoms with Gasteiger partial charge in [0, 0.05) is 12.6 Å². The van der Waals surface area contributed by atoms with Crippen LogP contribution >= 0.6 is 0 Å². The average Bonchev–Trinajstić information content (AvgIpc) is 2.37. The van der Waals surface area contributed by atoms with Gasteiger partial charge in [-0.2, -0.15) is 0 Å². The Kier molecular flexibility index (Phi) is 6.61. The number of rotatable bonds is 8. The van der Waals surface area contributed by atoms with Gasteiger partial charge in [0.15, 0.2) is 0 Å². The number of nitrogens with one attached hydrogen (secondary N) is 2. The zero-order chi connectivity index (χ0) is 15.2. The van der Waals surface area contributed by atoms with Crippen LogP contribution in [0.3, 0.4) is 0 Å². The molecule has 0 aromatic heterocycles. The van der Waals surface area contributed by atoms with E-state index < -0.39 is 10.0 Å². The minimum atomic E-state index is -3.44. The van der Waals surface area contributed by atoms with E-state index in [1.54, 1.807) is 18.2 Å². The molecule has 1 rings (SSSR count). The van der Waals surface area contributed by atoms with Crippen molar-refractivity contribution in [1.82, 2.24) is 14.9 Å². The van der Waals surface area contributed by atoms with Crippen molar-refractivity contribution < 1.29 is 8.42 Å². The Morgan fingerprint density at radius 2 is 2.00 bits per heavy atom. The maximum absolute atomic E-state index is 12.3. The summed E-state index contributed by atoms with van der Waals surface area (Å²) in [6.45, 7) is 3.39. The van der Waals surface area contributed by atoms with Gasteiger partial charge in [0.2, 0.25) is 10.0 Å². The van der Waals surface area contributed by atoms with Crippen molar-refractivity contribution >= 4 is 10.0 Å². The largest absolute Gasteiger partial charge is 0.316 e. The SMILES string of the molecule is CNCc1cccc(S(=O)(=O)NC(C)CCN(C)C)c1. The third-order valence-corrected chi connectivity index (χ3v) is 4.54. The summed E-state index contributed by atoms with van der Waals surface area (Å²) in [6.07, 6.45) is 0.780. The molecule has 0 aliphatic carbocycles. The molecule has 20 heavy (non-hydrogen) atoms. The van der Waals surface area contributed by atoms with Crippen LogP contribution in [0, 0.1) is 0 Å². The first-order chi connectivity index (χ1) is 9.35. The predicted molar refractivity (Wildman–Crippen MR) is 82.2 cm³/mol. The van der Waals surface area contributed by atoms with Gasteiger partial charge in [-0.3, -0.25) is 0 Å². The van der Waals surface area contributed by atoms with Gasteiger partial charge in [0.1, 0.15) is 0 Å². The molecular formula is C14H25N3O2S. The summed E-state index contributed by atoms with van der Waals surface area (Å²) >= 11 is 0. The van der Waals surface area contributed by atoms with Crippen LogP contribution in [0.4, 0.5) is 0 Å².